The Balaban J connectivity index is 3.34. The molecule has 0 amide bonds. The van der Waals surface area contributed by atoms with Crippen LogP contribution in [0.25, 0.3) is 0 Å². The number of rotatable bonds is 2. The Labute approximate surface area is 85.3 Å². The molecule has 0 spiro atoms. The van der Waals surface area contributed by atoms with Crippen molar-refractivity contribution in [2.45, 2.75) is 6.43 Å². The summed E-state index contributed by atoms with van der Waals surface area (Å²) in [5, 5.41) is 10.4. The number of aromatic nitrogens is 1. The number of alkyl halides is 2. The van der Waals surface area contributed by atoms with Gasteiger partial charge in [0.1, 0.15) is 0 Å². The van der Waals surface area contributed by atoms with Gasteiger partial charge in [-0.1, -0.05) is 0 Å². The molecule has 0 saturated heterocycles. The third kappa shape index (κ3) is 2.08. The topological polar surface area (TPSA) is 56.0 Å². The van der Waals surface area contributed by atoms with Gasteiger partial charge in [-0.25, -0.2) is 13.8 Å². The van der Waals surface area contributed by atoms with E-state index in [0.717, 1.165) is 12.3 Å². The first-order chi connectivity index (χ1) is 6.04. The zero-order valence-corrected chi connectivity index (χ0v) is 8.23. The van der Waals surface area contributed by atoms with Crippen molar-refractivity contribution in [2.75, 3.05) is 0 Å². The molecule has 7 heteroatoms. The van der Waals surface area contributed by atoms with Crippen LogP contribution in [0.2, 0.25) is 0 Å². The highest BCUT2D eigenvalue weighted by Crippen LogP contribution is 2.30. The number of halogens is 3. The number of hydrogen-bond donors (Lipinski definition) is 0. The average Bonchev–Trinajstić information content (AvgIpc) is 2.02. The monoisotopic (exact) mass is 300 g/mol. The highest BCUT2D eigenvalue weighted by Gasteiger charge is 2.24. The van der Waals surface area contributed by atoms with E-state index >= 15 is 0 Å². The lowest BCUT2D eigenvalue weighted by Crippen LogP contribution is -2.00. The average molecular weight is 300 g/mol. The van der Waals surface area contributed by atoms with E-state index in [9.17, 15) is 18.9 Å². The normalized spacial score (nSPS) is 10.5. The fourth-order valence-corrected chi connectivity index (χ4v) is 1.47. The van der Waals surface area contributed by atoms with Gasteiger partial charge in [0.2, 0.25) is 0 Å². The van der Waals surface area contributed by atoms with E-state index in [1.165, 1.54) is 0 Å². The van der Waals surface area contributed by atoms with Crippen LogP contribution in [-0.2, 0) is 0 Å². The van der Waals surface area contributed by atoms with Crippen molar-refractivity contribution < 1.29 is 13.7 Å². The fourth-order valence-electron chi connectivity index (χ4n) is 0.799. The molecule has 0 aliphatic carbocycles. The molecule has 1 heterocycles. The van der Waals surface area contributed by atoms with Gasteiger partial charge < -0.3 is 0 Å². The summed E-state index contributed by atoms with van der Waals surface area (Å²) in [5.74, 6) is 0. The predicted octanol–water partition coefficient (Wildman–Crippen LogP) is 2.53. The third-order valence-corrected chi connectivity index (χ3v) is 2.12. The molecule has 0 atom stereocenters. The first kappa shape index (κ1) is 10.2. The standard InChI is InChI=1S/C6H3F2IN2O2/c7-5(8)3-1-2-10-6(9)4(3)11(12)13/h1-2,5H. The number of nitro groups is 1. The SMILES string of the molecule is O=[N+]([O-])c1c(C(F)F)ccnc1I. The Morgan fingerprint density at radius 2 is 2.23 bits per heavy atom. The van der Waals surface area contributed by atoms with Crippen LogP contribution in [0.15, 0.2) is 12.3 Å². The van der Waals surface area contributed by atoms with E-state index in [-0.39, 0.29) is 3.70 Å². The minimum Gasteiger partial charge on any atom is -0.258 e. The van der Waals surface area contributed by atoms with Crippen LogP contribution in [0.5, 0.6) is 0 Å². The second-order valence-corrected chi connectivity index (χ2v) is 3.12. The van der Waals surface area contributed by atoms with Gasteiger partial charge in [0.15, 0.2) is 3.70 Å². The molecule has 1 aromatic rings. The van der Waals surface area contributed by atoms with E-state index in [1.807, 2.05) is 0 Å². The zero-order valence-electron chi connectivity index (χ0n) is 6.08. The number of nitrogens with zero attached hydrogens (tertiary/aromatic N) is 2. The first-order valence-electron chi connectivity index (χ1n) is 3.11. The smallest absolute Gasteiger partial charge is 0.258 e. The van der Waals surface area contributed by atoms with Crippen molar-refractivity contribution >= 4 is 28.3 Å². The number of hydrogen-bond acceptors (Lipinski definition) is 3. The molecule has 0 fully saturated rings. The van der Waals surface area contributed by atoms with Crippen LogP contribution >= 0.6 is 22.6 Å². The van der Waals surface area contributed by atoms with Crippen LogP contribution in [0.3, 0.4) is 0 Å². The maximum absolute atomic E-state index is 12.2. The minimum absolute atomic E-state index is 0.0274. The molecule has 0 bridgehead atoms. The molecule has 0 radical (unpaired) electrons. The maximum Gasteiger partial charge on any atom is 0.309 e. The van der Waals surface area contributed by atoms with Crippen molar-refractivity contribution in [3.63, 3.8) is 0 Å². The first-order valence-corrected chi connectivity index (χ1v) is 4.19. The van der Waals surface area contributed by atoms with E-state index in [1.54, 1.807) is 22.6 Å². The summed E-state index contributed by atoms with van der Waals surface area (Å²) in [6.45, 7) is 0. The third-order valence-electron chi connectivity index (χ3n) is 1.33. The highest BCUT2D eigenvalue weighted by atomic mass is 127. The molecule has 0 saturated carbocycles. The van der Waals surface area contributed by atoms with Gasteiger partial charge in [0.05, 0.1) is 10.5 Å². The fraction of sp³-hybridized carbons (Fsp3) is 0.167. The largest absolute Gasteiger partial charge is 0.309 e. The number of pyridine rings is 1. The highest BCUT2D eigenvalue weighted by molar-refractivity contribution is 14.1. The Morgan fingerprint density at radius 1 is 1.62 bits per heavy atom. The van der Waals surface area contributed by atoms with E-state index in [2.05, 4.69) is 4.98 Å². The molecule has 1 aromatic heterocycles. The second-order valence-electron chi connectivity index (χ2n) is 2.10. The summed E-state index contributed by atoms with van der Waals surface area (Å²) in [6, 6.07) is 0.949. The molecule has 0 unspecified atom stereocenters. The summed E-state index contributed by atoms with van der Waals surface area (Å²) in [5.41, 5.74) is -1.21. The van der Waals surface area contributed by atoms with Crippen LogP contribution < -0.4 is 0 Å². The second kappa shape index (κ2) is 3.90. The van der Waals surface area contributed by atoms with E-state index < -0.39 is 22.6 Å². The Morgan fingerprint density at radius 3 is 2.62 bits per heavy atom. The lowest BCUT2D eigenvalue weighted by atomic mass is 10.2. The molecule has 0 aromatic carbocycles. The van der Waals surface area contributed by atoms with Crippen molar-refractivity contribution in [3.8, 4) is 0 Å². The van der Waals surface area contributed by atoms with Gasteiger partial charge in [0.25, 0.3) is 6.43 Å². The molecule has 4 nitrogen and oxygen atoms in total. The summed E-state index contributed by atoms with van der Waals surface area (Å²) in [4.78, 5) is 13.1. The lowest BCUT2D eigenvalue weighted by molar-refractivity contribution is -0.387. The van der Waals surface area contributed by atoms with Gasteiger partial charge in [-0.3, -0.25) is 10.1 Å². The minimum atomic E-state index is -2.85. The molecule has 0 N–H and O–H groups in total. The summed E-state index contributed by atoms with van der Waals surface area (Å²) in [7, 11) is 0. The van der Waals surface area contributed by atoms with E-state index in [0.29, 0.717) is 0 Å². The van der Waals surface area contributed by atoms with Gasteiger partial charge in [-0.15, -0.1) is 0 Å². The lowest BCUT2D eigenvalue weighted by Gasteiger charge is -2.01. The predicted molar refractivity (Wildman–Crippen MR) is 48.6 cm³/mol. The summed E-state index contributed by atoms with van der Waals surface area (Å²) in [6.07, 6.45) is -1.73. The maximum atomic E-state index is 12.2. The zero-order chi connectivity index (χ0) is 10.0. The Bertz CT molecular complexity index is 345. The molecular formula is C6H3F2IN2O2. The van der Waals surface area contributed by atoms with E-state index in [4.69, 9.17) is 0 Å². The molecule has 0 aliphatic heterocycles. The summed E-state index contributed by atoms with van der Waals surface area (Å²) >= 11 is 1.55. The summed E-state index contributed by atoms with van der Waals surface area (Å²) < 4.78 is 24.4. The van der Waals surface area contributed by atoms with Gasteiger partial charge in [-0.2, -0.15) is 0 Å². The molecule has 1 rings (SSSR count). The van der Waals surface area contributed by atoms with Crippen molar-refractivity contribution in [1.29, 1.82) is 0 Å². The molecule has 13 heavy (non-hydrogen) atoms. The van der Waals surface area contributed by atoms with Crippen molar-refractivity contribution in [2.24, 2.45) is 0 Å². The van der Waals surface area contributed by atoms with Crippen molar-refractivity contribution in [1.82, 2.24) is 4.98 Å². The van der Waals surface area contributed by atoms with Gasteiger partial charge in [-0.05, 0) is 28.7 Å². The Kier molecular flexibility index (Phi) is 3.07. The van der Waals surface area contributed by atoms with Gasteiger partial charge in [0, 0.05) is 6.20 Å². The van der Waals surface area contributed by atoms with Crippen LogP contribution in [-0.4, -0.2) is 9.91 Å². The molecule has 70 valence electrons. The quantitative estimate of drug-likeness (QED) is 0.365. The van der Waals surface area contributed by atoms with Crippen LogP contribution in [0.4, 0.5) is 14.5 Å². The Hall–Kier alpha value is -0.860. The van der Waals surface area contributed by atoms with Crippen LogP contribution in [0, 0.1) is 13.8 Å². The molecular weight excluding hydrogens is 297 g/mol. The molecule has 0 aliphatic rings. The van der Waals surface area contributed by atoms with Crippen LogP contribution in [0.1, 0.15) is 12.0 Å². The van der Waals surface area contributed by atoms with Gasteiger partial charge >= 0.3 is 5.69 Å². The van der Waals surface area contributed by atoms with Crippen molar-refractivity contribution in [3.05, 3.63) is 31.6 Å².